The second kappa shape index (κ2) is 7.67. The molecule has 0 spiro atoms. The zero-order valence-electron chi connectivity index (χ0n) is 11.2. The SMILES string of the molecule is CCOC(=O)C(N)CCN1CCCC(CC)C1. The van der Waals surface area contributed by atoms with Gasteiger partial charge in [0, 0.05) is 13.1 Å². The number of rotatable bonds is 6. The van der Waals surface area contributed by atoms with E-state index in [-0.39, 0.29) is 5.97 Å². The van der Waals surface area contributed by atoms with Crippen LogP contribution in [0.1, 0.15) is 39.5 Å². The number of piperidine rings is 1. The highest BCUT2D eigenvalue weighted by Gasteiger charge is 2.20. The maximum Gasteiger partial charge on any atom is 0.322 e. The van der Waals surface area contributed by atoms with Gasteiger partial charge in [-0.15, -0.1) is 0 Å². The number of carbonyl (C=O) groups is 1. The van der Waals surface area contributed by atoms with E-state index in [2.05, 4.69) is 11.8 Å². The van der Waals surface area contributed by atoms with Gasteiger partial charge < -0.3 is 15.4 Å². The van der Waals surface area contributed by atoms with E-state index in [1.54, 1.807) is 6.92 Å². The van der Waals surface area contributed by atoms with E-state index in [0.29, 0.717) is 13.0 Å². The smallest absolute Gasteiger partial charge is 0.322 e. The average molecular weight is 242 g/mol. The zero-order chi connectivity index (χ0) is 12.7. The molecule has 1 saturated heterocycles. The number of nitrogens with zero attached hydrogens (tertiary/aromatic N) is 1. The first-order valence-corrected chi connectivity index (χ1v) is 6.81. The summed E-state index contributed by atoms with van der Waals surface area (Å²) < 4.78 is 4.90. The molecular formula is C13H26N2O2. The second-order valence-corrected chi connectivity index (χ2v) is 4.86. The summed E-state index contributed by atoms with van der Waals surface area (Å²) >= 11 is 0. The molecule has 2 unspecified atom stereocenters. The molecular weight excluding hydrogens is 216 g/mol. The van der Waals surface area contributed by atoms with Crippen LogP contribution in [0, 0.1) is 5.92 Å². The van der Waals surface area contributed by atoms with E-state index in [1.807, 2.05) is 0 Å². The molecule has 1 aliphatic rings. The van der Waals surface area contributed by atoms with E-state index in [9.17, 15) is 4.79 Å². The van der Waals surface area contributed by atoms with Crippen molar-refractivity contribution in [2.45, 2.75) is 45.6 Å². The van der Waals surface area contributed by atoms with Crippen molar-refractivity contribution in [3.8, 4) is 0 Å². The fourth-order valence-corrected chi connectivity index (χ4v) is 2.38. The molecule has 0 amide bonds. The minimum Gasteiger partial charge on any atom is -0.465 e. The Bertz CT molecular complexity index is 233. The van der Waals surface area contributed by atoms with E-state index >= 15 is 0 Å². The Morgan fingerprint density at radius 3 is 2.94 bits per heavy atom. The summed E-state index contributed by atoms with van der Waals surface area (Å²) in [6.07, 6.45) is 4.57. The molecule has 1 heterocycles. The van der Waals surface area contributed by atoms with Gasteiger partial charge in [0.25, 0.3) is 0 Å². The number of esters is 1. The molecule has 4 nitrogen and oxygen atoms in total. The van der Waals surface area contributed by atoms with Crippen molar-refractivity contribution in [1.82, 2.24) is 4.90 Å². The maximum atomic E-state index is 11.4. The van der Waals surface area contributed by atoms with Crippen LogP contribution in [0.25, 0.3) is 0 Å². The first-order valence-electron chi connectivity index (χ1n) is 6.81. The summed E-state index contributed by atoms with van der Waals surface area (Å²) in [6.45, 7) is 7.68. The van der Waals surface area contributed by atoms with Gasteiger partial charge in [-0.1, -0.05) is 13.3 Å². The Balaban J connectivity index is 2.23. The van der Waals surface area contributed by atoms with Crippen LogP contribution in [-0.2, 0) is 9.53 Å². The lowest BCUT2D eigenvalue weighted by molar-refractivity contribution is -0.144. The molecule has 4 heteroatoms. The van der Waals surface area contributed by atoms with Crippen LogP contribution in [-0.4, -0.2) is 43.2 Å². The summed E-state index contributed by atoms with van der Waals surface area (Å²) in [5, 5.41) is 0. The van der Waals surface area contributed by atoms with Crippen molar-refractivity contribution in [2.24, 2.45) is 11.7 Å². The highest BCUT2D eigenvalue weighted by molar-refractivity contribution is 5.75. The quantitative estimate of drug-likeness (QED) is 0.715. The second-order valence-electron chi connectivity index (χ2n) is 4.86. The molecule has 0 saturated carbocycles. The third-order valence-electron chi connectivity index (χ3n) is 3.53. The van der Waals surface area contributed by atoms with Crippen LogP contribution in [0.3, 0.4) is 0 Å². The molecule has 0 radical (unpaired) electrons. The topological polar surface area (TPSA) is 55.6 Å². The van der Waals surface area contributed by atoms with Crippen LogP contribution < -0.4 is 5.73 Å². The third-order valence-corrected chi connectivity index (χ3v) is 3.53. The monoisotopic (exact) mass is 242 g/mol. The zero-order valence-corrected chi connectivity index (χ0v) is 11.2. The van der Waals surface area contributed by atoms with Gasteiger partial charge in [-0.25, -0.2) is 0 Å². The van der Waals surface area contributed by atoms with E-state index in [4.69, 9.17) is 10.5 Å². The van der Waals surface area contributed by atoms with Crippen LogP contribution in [0.2, 0.25) is 0 Å². The van der Waals surface area contributed by atoms with E-state index in [1.165, 1.54) is 19.3 Å². The summed E-state index contributed by atoms with van der Waals surface area (Å²) in [6, 6.07) is -0.461. The highest BCUT2D eigenvalue weighted by atomic mass is 16.5. The molecule has 1 rings (SSSR count). The Labute approximate surface area is 104 Å². The molecule has 0 aromatic rings. The molecule has 2 N–H and O–H groups in total. The van der Waals surface area contributed by atoms with Crippen molar-refractivity contribution in [2.75, 3.05) is 26.2 Å². The van der Waals surface area contributed by atoms with Crippen LogP contribution in [0.4, 0.5) is 0 Å². The summed E-state index contributed by atoms with van der Waals surface area (Å²) in [5.41, 5.74) is 5.79. The summed E-state index contributed by atoms with van der Waals surface area (Å²) in [4.78, 5) is 13.8. The molecule has 2 atom stereocenters. The van der Waals surface area contributed by atoms with Crippen molar-refractivity contribution >= 4 is 5.97 Å². The lowest BCUT2D eigenvalue weighted by Gasteiger charge is -2.32. The first kappa shape index (κ1) is 14.5. The van der Waals surface area contributed by atoms with Crippen molar-refractivity contribution in [1.29, 1.82) is 0 Å². The molecule has 0 aliphatic carbocycles. The van der Waals surface area contributed by atoms with Gasteiger partial charge in [-0.05, 0) is 38.6 Å². The maximum absolute atomic E-state index is 11.4. The number of nitrogens with two attached hydrogens (primary N) is 1. The molecule has 0 bridgehead atoms. The fraction of sp³-hybridized carbons (Fsp3) is 0.923. The normalized spacial score (nSPS) is 23.4. The lowest BCUT2D eigenvalue weighted by atomic mass is 9.95. The van der Waals surface area contributed by atoms with E-state index < -0.39 is 6.04 Å². The minimum absolute atomic E-state index is 0.267. The van der Waals surface area contributed by atoms with Gasteiger partial charge in [0.2, 0.25) is 0 Å². The number of carbonyl (C=O) groups excluding carboxylic acids is 1. The number of hydrogen-bond donors (Lipinski definition) is 1. The van der Waals surface area contributed by atoms with Gasteiger partial charge in [-0.3, -0.25) is 4.79 Å². The number of hydrogen-bond acceptors (Lipinski definition) is 4. The number of likely N-dealkylation sites (tertiary alicyclic amines) is 1. The molecule has 0 aromatic heterocycles. The molecule has 17 heavy (non-hydrogen) atoms. The van der Waals surface area contributed by atoms with Gasteiger partial charge in [0.1, 0.15) is 6.04 Å². The van der Waals surface area contributed by atoms with Crippen molar-refractivity contribution < 1.29 is 9.53 Å². The van der Waals surface area contributed by atoms with Crippen LogP contribution in [0.5, 0.6) is 0 Å². The highest BCUT2D eigenvalue weighted by Crippen LogP contribution is 2.19. The van der Waals surface area contributed by atoms with Crippen LogP contribution in [0.15, 0.2) is 0 Å². The van der Waals surface area contributed by atoms with Gasteiger partial charge in [0.15, 0.2) is 0 Å². The predicted octanol–water partition coefficient (Wildman–Crippen LogP) is 1.39. The third kappa shape index (κ3) is 5.04. The standard InChI is InChI=1S/C13H26N2O2/c1-3-11-6-5-8-15(10-11)9-7-12(14)13(16)17-4-2/h11-12H,3-10,14H2,1-2H3. The average Bonchev–Trinajstić information content (AvgIpc) is 2.36. The molecule has 1 fully saturated rings. The van der Waals surface area contributed by atoms with E-state index in [0.717, 1.165) is 25.6 Å². The van der Waals surface area contributed by atoms with Crippen molar-refractivity contribution in [3.05, 3.63) is 0 Å². The predicted molar refractivity (Wildman–Crippen MR) is 68.7 cm³/mol. The van der Waals surface area contributed by atoms with Gasteiger partial charge >= 0.3 is 5.97 Å². The molecule has 0 aromatic carbocycles. The summed E-state index contributed by atoms with van der Waals surface area (Å²) in [5.74, 6) is 0.555. The number of ether oxygens (including phenoxy) is 1. The first-order chi connectivity index (χ1) is 8.17. The van der Waals surface area contributed by atoms with Crippen molar-refractivity contribution in [3.63, 3.8) is 0 Å². The largest absolute Gasteiger partial charge is 0.465 e. The van der Waals surface area contributed by atoms with Gasteiger partial charge in [-0.2, -0.15) is 0 Å². The minimum atomic E-state index is -0.461. The fourth-order valence-electron chi connectivity index (χ4n) is 2.38. The summed E-state index contributed by atoms with van der Waals surface area (Å²) in [7, 11) is 0. The molecule has 1 aliphatic heterocycles. The Kier molecular flexibility index (Phi) is 6.52. The Hall–Kier alpha value is -0.610. The Morgan fingerprint density at radius 1 is 1.53 bits per heavy atom. The Morgan fingerprint density at radius 2 is 2.29 bits per heavy atom. The van der Waals surface area contributed by atoms with Crippen LogP contribution >= 0.6 is 0 Å². The molecule has 100 valence electrons. The lowest BCUT2D eigenvalue weighted by Crippen LogP contribution is -2.40. The van der Waals surface area contributed by atoms with Gasteiger partial charge in [0.05, 0.1) is 6.61 Å².